The third-order valence-corrected chi connectivity index (χ3v) is 4.43. The second-order valence-corrected chi connectivity index (χ2v) is 6.62. The summed E-state index contributed by atoms with van der Waals surface area (Å²) in [7, 11) is 1.50. The van der Waals surface area contributed by atoms with Crippen molar-refractivity contribution in [2.24, 2.45) is 0 Å². The zero-order chi connectivity index (χ0) is 21.7. The molecule has 3 unspecified atom stereocenters. The molecule has 0 aromatic heterocycles. The summed E-state index contributed by atoms with van der Waals surface area (Å²) in [5, 5.41) is 50.6. The maximum Gasteiger partial charge on any atom is 0.251 e. The molecule has 0 aliphatic carbocycles. The molecule has 2 aromatic carbocycles. The van der Waals surface area contributed by atoms with E-state index >= 15 is 0 Å². The van der Waals surface area contributed by atoms with Crippen molar-refractivity contribution in [3.05, 3.63) is 58.7 Å². The number of nitriles is 1. The van der Waals surface area contributed by atoms with Crippen LogP contribution in [0.25, 0.3) is 11.1 Å². The van der Waals surface area contributed by atoms with Crippen molar-refractivity contribution < 1.29 is 30.0 Å². The number of aryl methyl sites for hydroxylation is 1. The minimum Gasteiger partial charge on any atom is -0.385 e. The van der Waals surface area contributed by atoms with E-state index in [1.165, 1.54) is 20.0 Å². The summed E-state index contributed by atoms with van der Waals surface area (Å²) >= 11 is 0. The molecule has 2 aromatic rings. The lowest BCUT2D eigenvalue weighted by atomic mass is 9.93. The maximum atomic E-state index is 12.0. The molecule has 0 aliphatic rings. The summed E-state index contributed by atoms with van der Waals surface area (Å²) in [6.07, 6.45) is -6.14. The monoisotopic (exact) mass is 400 g/mol. The van der Waals surface area contributed by atoms with Gasteiger partial charge in [0.25, 0.3) is 5.91 Å². The molecule has 0 bridgehead atoms. The fourth-order valence-corrected chi connectivity index (χ4v) is 3.03. The molecular weight excluding hydrogens is 376 g/mol. The predicted octanol–water partition coefficient (Wildman–Crippen LogP) is 0.961. The molecule has 0 aliphatic heterocycles. The third kappa shape index (κ3) is 5.38. The van der Waals surface area contributed by atoms with Crippen molar-refractivity contribution in [1.82, 2.24) is 5.32 Å². The number of nitrogens with one attached hydrogen (secondary N) is 1. The molecule has 3 atom stereocenters. The second kappa shape index (κ2) is 9.60. The van der Waals surface area contributed by atoms with Gasteiger partial charge < -0.3 is 30.5 Å². The molecule has 0 fully saturated rings. The van der Waals surface area contributed by atoms with Crippen LogP contribution in [0.1, 0.15) is 40.1 Å². The van der Waals surface area contributed by atoms with E-state index in [1.807, 2.05) is 6.07 Å². The topological polar surface area (TPSA) is 143 Å². The van der Waals surface area contributed by atoms with Crippen LogP contribution in [0.3, 0.4) is 0 Å². The lowest BCUT2D eigenvalue weighted by Crippen LogP contribution is -2.37. The van der Waals surface area contributed by atoms with Gasteiger partial charge in [-0.3, -0.25) is 4.79 Å². The fourth-order valence-electron chi connectivity index (χ4n) is 3.03. The van der Waals surface area contributed by atoms with Gasteiger partial charge in [-0.05, 0) is 54.3 Å². The lowest BCUT2D eigenvalue weighted by Gasteiger charge is -2.27. The minimum atomic E-state index is -2.00. The Balaban J connectivity index is 2.44. The maximum absolute atomic E-state index is 12.0. The predicted molar refractivity (Wildman–Crippen MR) is 104 cm³/mol. The Morgan fingerprint density at radius 2 is 1.79 bits per heavy atom. The van der Waals surface area contributed by atoms with Crippen LogP contribution in [0.15, 0.2) is 36.4 Å². The number of aliphatic hydroxyl groups is 4. The molecule has 0 saturated heterocycles. The van der Waals surface area contributed by atoms with Crippen molar-refractivity contribution in [2.75, 3.05) is 7.05 Å². The molecular formula is C21H24N2O6. The molecule has 8 nitrogen and oxygen atoms in total. The van der Waals surface area contributed by atoms with Gasteiger partial charge in [-0.2, -0.15) is 5.26 Å². The Labute approximate surface area is 168 Å². The minimum absolute atomic E-state index is 0.317. The molecule has 0 heterocycles. The highest BCUT2D eigenvalue weighted by molar-refractivity contribution is 5.95. The van der Waals surface area contributed by atoms with E-state index in [2.05, 4.69) is 5.32 Å². The summed E-state index contributed by atoms with van der Waals surface area (Å²) < 4.78 is 5.01. The van der Waals surface area contributed by atoms with E-state index in [0.717, 1.165) is 0 Å². The van der Waals surface area contributed by atoms with Crippen LogP contribution in [0.4, 0.5) is 0 Å². The van der Waals surface area contributed by atoms with Gasteiger partial charge in [0, 0.05) is 12.6 Å². The van der Waals surface area contributed by atoms with Crippen molar-refractivity contribution in [1.29, 1.82) is 5.26 Å². The number of aliphatic hydroxyl groups excluding tert-OH is 3. The Hall–Kier alpha value is -2.80. The van der Waals surface area contributed by atoms with E-state index in [-0.39, 0.29) is 5.91 Å². The van der Waals surface area contributed by atoms with E-state index < -0.39 is 24.8 Å². The normalized spacial score (nSPS) is 14.2. The standard InChI is InChI=1S/C21H24N2O6/c1-11-6-14(15-7-13(10-22)8-16(9-15)20(26)23-3)4-5-17(11)18(25)19(21(27)28)29-12(2)24/h4-9,12,18-19,21,24-25,27-28H,1-3H3,(H,23,26). The Morgan fingerprint density at radius 3 is 2.31 bits per heavy atom. The van der Waals surface area contributed by atoms with E-state index in [9.17, 15) is 30.5 Å². The van der Waals surface area contributed by atoms with Gasteiger partial charge in [-0.1, -0.05) is 18.2 Å². The van der Waals surface area contributed by atoms with Gasteiger partial charge in [0.15, 0.2) is 12.6 Å². The number of rotatable bonds is 7. The average Bonchev–Trinajstić information content (AvgIpc) is 2.70. The number of benzene rings is 2. The third-order valence-electron chi connectivity index (χ3n) is 4.43. The van der Waals surface area contributed by atoms with Crippen LogP contribution in [-0.2, 0) is 4.74 Å². The van der Waals surface area contributed by atoms with Gasteiger partial charge in [0.2, 0.25) is 0 Å². The Kier molecular flexibility index (Phi) is 7.45. The smallest absolute Gasteiger partial charge is 0.251 e. The number of nitrogens with zero attached hydrogens (tertiary/aromatic N) is 1. The summed E-state index contributed by atoms with van der Waals surface area (Å²) in [6, 6.07) is 11.8. The zero-order valence-electron chi connectivity index (χ0n) is 16.3. The first kappa shape index (κ1) is 22.5. The van der Waals surface area contributed by atoms with Crippen LogP contribution in [0.5, 0.6) is 0 Å². The number of carbonyl (C=O) groups excluding carboxylic acids is 1. The first-order chi connectivity index (χ1) is 13.7. The fraction of sp³-hybridized carbons (Fsp3) is 0.333. The highest BCUT2D eigenvalue weighted by Gasteiger charge is 2.30. The van der Waals surface area contributed by atoms with E-state index in [0.29, 0.717) is 33.4 Å². The largest absolute Gasteiger partial charge is 0.385 e. The number of amides is 1. The van der Waals surface area contributed by atoms with Crippen LogP contribution in [0.2, 0.25) is 0 Å². The second-order valence-electron chi connectivity index (χ2n) is 6.62. The lowest BCUT2D eigenvalue weighted by molar-refractivity contribution is -0.233. The summed E-state index contributed by atoms with van der Waals surface area (Å²) in [4.78, 5) is 12.0. The van der Waals surface area contributed by atoms with Crippen LogP contribution in [0, 0.1) is 18.3 Å². The first-order valence-electron chi connectivity index (χ1n) is 8.93. The van der Waals surface area contributed by atoms with Crippen molar-refractivity contribution in [3.8, 4) is 17.2 Å². The quantitative estimate of drug-likeness (QED) is 0.436. The molecule has 0 saturated carbocycles. The van der Waals surface area contributed by atoms with Crippen LogP contribution in [-0.4, -0.2) is 52.1 Å². The number of hydrogen-bond donors (Lipinski definition) is 5. The average molecular weight is 400 g/mol. The van der Waals surface area contributed by atoms with Crippen LogP contribution >= 0.6 is 0 Å². The van der Waals surface area contributed by atoms with Gasteiger partial charge in [-0.15, -0.1) is 0 Å². The van der Waals surface area contributed by atoms with Crippen molar-refractivity contribution in [2.45, 2.75) is 38.6 Å². The SMILES string of the molecule is CNC(=O)c1cc(C#N)cc(-c2ccc(C(O)C(OC(C)O)C(O)O)c(C)c2)c1. The van der Waals surface area contributed by atoms with Gasteiger partial charge in [0.05, 0.1) is 11.6 Å². The van der Waals surface area contributed by atoms with E-state index in [1.54, 1.807) is 37.3 Å². The van der Waals surface area contributed by atoms with Crippen molar-refractivity contribution >= 4 is 5.91 Å². The highest BCUT2D eigenvalue weighted by Crippen LogP contribution is 2.30. The van der Waals surface area contributed by atoms with Gasteiger partial charge in [0.1, 0.15) is 12.2 Å². The van der Waals surface area contributed by atoms with Crippen LogP contribution < -0.4 is 5.32 Å². The summed E-state index contributed by atoms with van der Waals surface area (Å²) in [6.45, 7) is 3.02. The van der Waals surface area contributed by atoms with Gasteiger partial charge >= 0.3 is 0 Å². The first-order valence-corrected chi connectivity index (χ1v) is 8.93. The summed E-state index contributed by atoms with van der Waals surface area (Å²) in [5.74, 6) is -0.317. The Morgan fingerprint density at radius 1 is 1.10 bits per heavy atom. The Bertz CT molecular complexity index is 920. The van der Waals surface area contributed by atoms with Gasteiger partial charge in [-0.25, -0.2) is 0 Å². The number of hydrogen-bond acceptors (Lipinski definition) is 7. The zero-order valence-corrected chi connectivity index (χ0v) is 16.3. The molecule has 29 heavy (non-hydrogen) atoms. The molecule has 1 amide bonds. The molecule has 0 radical (unpaired) electrons. The molecule has 5 N–H and O–H groups in total. The highest BCUT2D eigenvalue weighted by atomic mass is 16.6. The molecule has 8 heteroatoms. The molecule has 0 spiro atoms. The van der Waals surface area contributed by atoms with E-state index in [4.69, 9.17) is 4.74 Å². The number of ether oxygens (including phenoxy) is 1. The van der Waals surface area contributed by atoms with Crippen molar-refractivity contribution in [3.63, 3.8) is 0 Å². The molecule has 2 rings (SSSR count). The molecule has 154 valence electrons. The summed E-state index contributed by atoms with van der Waals surface area (Å²) in [5.41, 5.74) is 3.03. The number of carbonyl (C=O) groups is 1.